The quantitative estimate of drug-likeness (QED) is 0.619. The molecule has 0 saturated heterocycles. The molecule has 24 heavy (non-hydrogen) atoms. The number of hydrogen-bond acceptors (Lipinski definition) is 6. The van der Waals surface area contributed by atoms with Gasteiger partial charge in [-0.3, -0.25) is 14.9 Å². The van der Waals surface area contributed by atoms with Crippen LogP contribution in [0, 0.1) is 16.0 Å². The van der Waals surface area contributed by atoms with Gasteiger partial charge in [-0.05, 0) is 18.4 Å². The fourth-order valence-corrected chi connectivity index (χ4v) is 2.07. The van der Waals surface area contributed by atoms with Crippen LogP contribution in [0.4, 0.5) is 5.69 Å². The van der Waals surface area contributed by atoms with E-state index in [9.17, 15) is 14.9 Å². The molecule has 0 aliphatic rings. The van der Waals surface area contributed by atoms with Crippen LogP contribution < -0.4 is 11.1 Å². The molecule has 3 N–H and O–H groups in total. The number of nitrogens with zero attached hydrogens (tertiary/aromatic N) is 2. The van der Waals surface area contributed by atoms with E-state index in [1.807, 2.05) is 13.8 Å². The average molecular weight is 332 g/mol. The van der Waals surface area contributed by atoms with E-state index in [0.717, 1.165) is 5.56 Å². The van der Waals surface area contributed by atoms with Crippen molar-refractivity contribution in [2.75, 3.05) is 0 Å². The van der Waals surface area contributed by atoms with Crippen molar-refractivity contribution in [3.05, 3.63) is 57.8 Å². The number of rotatable bonds is 6. The van der Waals surface area contributed by atoms with Crippen LogP contribution in [0.15, 0.2) is 34.9 Å². The van der Waals surface area contributed by atoms with Crippen LogP contribution in [0.3, 0.4) is 0 Å². The third-order valence-electron chi connectivity index (χ3n) is 3.71. The third-order valence-corrected chi connectivity index (χ3v) is 3.71. The minimum absolute atomic E-state index is 0.00101. The van der Waals surface area contributed by atoms with Crippen molar-refractivity contribution in [2.24, 2.45) is 11.7 Å². The lowest BCUT2D eigenvalue weighted by atomic mass is 10.1. The molecule has 8 heteroatoms. The molecule has 1 aromatic heterocycles. The van der Waals surface area contributed by atoms with Crippen LogP contribution in [-0.4, -0.2) is 15.8 Å². The highest BCUT2D eigenvalue weighted by Crippen LogP contribution is 2.20. The summed E-state index contributed by atoms with van der Waals surface area (Å²) in [7, 11) is 0. The molecule has 1 amide bonds. The Hall–Kier alpha value is -2.74. The van der Waals surface area contributed by atoms with E-state index in [1.54, 1.807) is 19.1 Å². The summed E-state index contributed by atoms with van der Waals surface area (Å²) < 4.78 is 5.27. The zero-order chi connectivity index (χ0) is 17.9. The molecule has 0 aliphatic heterocycles. The molecule has 128 valence electrons. The van der Waals surface area contributed by atoms with E-state index in [-0.39, 0.29) is 29.4 Å². The Morgan fingerprint density at radius 2 is 1.92 bits per heavy atom. The number of nitro benzene ring substituents is 1. The zero-order valence-electron chi connectivity index (χ0n) is 13.7. The van der Waals surface area contributed by atoms with E-state index in [1.165, 1.54) is 18.4 Å². The normalized spacial score (nSPS) is 13.5. The summed E-state index contributed by atoms with van der Waals surface area (Å²) >= 11 is 0. The highest BCUT2D eigenvalue weighted by molar-refractivity contribution is 5.92. The van der Waals surface area contributed by atoms with Gasteiger partial charge in [-0.25, -0.2) is 4.98 Å². The number of benzene rings is 1. The topological polar surface area (TPSA) is 124 Å². The van der Waals surface area contributed by atoms with Gasteiger partial charge in [0.05, 0.1) is 17.0 Å². The maximum absolute atomic E-state index is 12.2. The number of non-ortho nitro benzene ring substituents is 1. The minimum Gasteiger partial charge on any atom is -0.446 e. The van der Waals surface area contributed by atoms with Crippen molar-refractivity contribution in [3.63, 3.8) is 0 Å². The van der Waals surface area contributed by atoms with Gasteiger partial charge in [0.2, 0.25) is 5.89 Å². The van der Waals surface area contributed by atoms with Crippen LogP contribution in [0.1, 0.15) is 54.8 Å². The van der Waals surface area contributed by atoms with Crippen LogP contribution >= 0.6 is 0 Å². The number of hydrogen-bond donors (Lipinski definition) is 2. The lowest BCUT2D eigenvalue weighted by molar-refractivity contribution is -0.384. The zero-order valence-corrected chi connectivity index (χ0v) is 13.7. The van der Waals surface area contributed by atoms with Crippen molar-refractivity contribution in [2.45, 2.75) is 32.9 Å². The fourth-order valence-electron chi connectivity index (χ4n) is 2.07. The predicted molar refractivity (Wildman–Crippen MR) is 87.2 cm³/mol. The van der Waals surface area contributed by atoms with Gasteiger partial charge in [-0.15, -0.1) is 0 Å². The Morgan fingerprint density at radius 1 is 1.29 bits per heavy atom. The molecule has 8 nitrogen and oxygen atoms in total. The molecule has 2 aromatic rings. The number of nitrogens with two attached hydrogens (primary N) is 1. The maximum atomic E-state index is 12.2. The molecule has 2 atom stereocenters. The molecule has 0 bridgehead atoms. The first-order valence-corrected chi connectivity index (χ1v) is 7.55. The number of aromatic nitrogens is 1. The monoisotopic (exact) mass is 332 g/mol. The molecular weight excluding hydrogens is 312 g/mol. The average Bonchev–Trinajstić information content (AvgIpc) is 3.04. The number of carbonyl (C=O) groups excluding carboxylic acids is 1. The molecule has 2 unspecified atom stereocenters. The number of oxazole rings is 1. The van der Waals surface area contributed by atoms with Crippen molar-refractivity contribution < 1.29 is 14.1 Å². The smallest absolute Gasteiger partial charge is 0.273 e. The molecule has 1 heterocycles. The highest BCUT2D eigenvalue weighted by Gasteiger charge is 2.20. The van der Waals surface area contributed by atoms with Crippen LogP contribution in [0.25, 0.3) is 0 Å². The van der Waals surface area contributed by atoms with Crippen molar-refractivity contribution >= 4 is 11.6 Å². The Labute approximate surface area is 139 Å². The summed E-state index contributed by atoms with van der Waals surface area (Å²) in [6.45, 7) is 5.65. The summed E-state index contributed by atoms with van der Waals surface area (Å²) in [5.74, 6) is 0.0588. The lowest BCUT2D eigenvalue weighted by Gasteiger charge is -2.13. The predicted octanol–water partition coefficient (Wildman–Crippen LogP) is 2.73. The highest BCUT2D eigenvalue weighted by atomic mass is 16.6. The molecule has 0 aliphatic carbocycles. The van der Waals surface area contributed by atoms with E-state index >= 15 is 0 Å². The van der Waals surface area contributed by atoms with Crippen molar-refractivity contribution in [1.82, 2.24) is 10.3 Å². The number of nitro groups is 1. The third kappa shape index (κ3) is 3.96. The van der Waals surface area contributed by atoms with Gasteiger partial charge in [0.25, 0.3) is 11.6 Å². The second-order valence-corrected chi connectivity index (χ2v) is 5.88. The van der Waals surface area contributed by atoms with E-state index < -0.39 is 10.8 Å². The van der Waals surface area contributed by atoms with Gasteiger partial charge in [-0.1, -0.05) is 26.0 Å². The summed E-state index contributed by atoms with van der Waals surface area (Å²) in [5.41, 5.74) is 6.83. The number of carbonyl (C=O) groups is 1. The maximum Gasteiger partial charge on any atom is 0.273 e. The SMILES string of the molecule is CC(NC(=O)c1coc(C(N)C(C)C)n1)c1ccc([N+](=O)[O-])cc1. The van der Waals surface area contributed by atoms with Crippen LogP contribution in [-0.2, 0) is 0 Å². The first kappa shape index (κ1) is 17.6. The lowest BCUT2D eigenvalue weighted by Crippen LogP contribution is -2.27. The van der Waals surface area contributed by atoms with Gasteiger partial charge in [-0.2, -0.15) is 0 Å². The first-order valence-electron chi connectivity index (χ1n) is 7.55. The number of nitrogens with one attached hydrogen (secondary N) is 1. The van der Waals surface area contributed by atoms with Gasteiger partial charge < -0.3 is 15.5 Å². The van der Waals surface area contributed by atoms with Gasteiger partial charge in [0.15, 0.2) is 5.69 Å². The summed E-state index contributed by atoms with van der Waals surface area (Å²) in [6.07, 6.45) is 1.27. The summed E-state index contributed by atoms with van der Waals surface area (Å²) in [5, 5.41) is 13.4. The Balaban J connectivity index is 2.04. The Bertz CT molecular complexity index is 724. The largest absolute Gasteiger partial charge is 0.446 e. The molecule has 1 aromatic carbocycles. The summed E-state index contributed by atoms with van der Waals surface area (Å²) in [4.78, 5) is 26.5. The first-order chi connectivity index (χ1) is 11.3. The van der Waals surface area contributed by atoms with E-state index in [0.29, 0.717) is 5.89 Å². The standard InChI is InChI=1S/C16H20N4O4/c1-9(2)14(17)16-19-13(8-24-16)15(21)18-10(3)11-4-6-12(7-5-11)20(22)23/h4-10,14H,17H2,1-3H3,(H,18,21). The number of amides is 1. The van der Waals surface area contributed by atoms with E-state index in [2.05, 4.69) is 10.3 Å². The summed E-state index contributed by atoms with van der Waals surface area (Å²) in [6, 6.07) is 5.29. The van der Waals surface area contributed by atoms with Gasteiger partial charge in [0.1, 0.15) is 6.26 Å². The molecular formula is C16H20N4O4. The molecule has 0 spiro atoms. The second kappa shape index (κ2) is 7.22. The Kier molecular flexibility index (Phi) is 5.30. The van der Waals surface area contributed by atoms with Crippen molar-refractivity contribution in [1.29, 1.82) is 0 Å². The van der Waals surface area contributed by atoms with Gasteiger partial charge >= 0.3 is 0 Å². The van der Waals surface area contributed by atoms with Gasteiger partial charge in [0, 0.05) is 12.1 Å². The second-order valence-electron chi connectivity index (χ2n) is 5.88. The molecule has 0 radical (unpaired) electrons. The fraction of sp³-hybridized carbons (Fsp3) is 0.375. The van der Waals surface area contributed by atoms with Crippen LogP contribution in [0.5, 0.6) is 0 Å². The molecule has 2 rings (SSSR count). The van der Waals surface area contributed by atoms with E-state index in [4.69, 9.17) is 10.2 Å². The molecule has 0 saturated carbocycles. The minimum atomic E-state index is -0.470. The Morgan fingerprint density at radius 3 is 2.46 bits per heavy atom. The van der Waals surface area contributed by atoms with Crippen molar-refractivity contribution in [3.8, 4) is 0 Å². The molecule has 0 fully saturated rings. The van der Waals surface area contributed by atoms with Crippen LogP contribution in [0.2, 0.25) is 0 Å².